The van der Waals surface area contributed by atoms with Gasteiger partial charge in [-0.1, -0.05) is 76.6 Å². The van der Waals surface area contributed by atoms with Crippen molar-refractivity contribution < 1.29 is 4.79 Å². The molecule has 0 saturated carbocycles. The van der Waals surface area contributed by atoms with Crippen molar-refractivity contribution in [3.63, 3.8) is 0 Å². The second-order valence-corrected chi connectivity index (χ2v) is 6.56. The number of carbonyl (C=O) groups excluding carboxylic acids is 1. The molecule has 120 valence electrons. The molecule has 0 bridgehead atoms. The summed E-state index contributed by atoms with van der Waals surface area (Å²) in [5.74, 6) is 0. The van der Waals surface area contributed by atoms with E-state index in [0.29, 0.717) is 5.56 Å². The maximum absolute atomic E-state index is 11.5. The van der Waals surface area contributed by atoms with Gasteiger partial charge < -0.3 is 4.90 Å². The SMILES string of the molecule is O=Cc1ccc(Br)cc1N(Cc1ccccc1)Cc1ccccc1. The molecule has 0 aliphatic carbocycles. The van der Waals surface area contributed by atoms with Crippen molar-refractivity contribution in [1.82, 2.24) is 0 Å². The number of hydrogen-bond acceptors (Lipinski definition) is 2. The molecule has 0 saturated heterocycles. The van der Waals surface area contributed by atoms with Crippen LogP contribution in [0.3, 0.4) is 0 Å². The summed E-state index contributed by atoms with van der Waals surface area (Å²) >= 11 is 3.52. The smallest absolute Gasteiger partial charge is 0.152 e. The number of benzene rings is 3. The van der Waals surface area contributed by atoms with Crippen LogP contribution in [0.15, 0.2) is 83.3 Å². The number of aldehydes is 1. The molecule has 2 nitrogen and oxygen atoms in total. The van der Waals surface area contributed by atoms with Gasteiger partial charge in [0, 0.05) is 28.8 Å². The molecule has 0 unspecified atom stereocenters. The number of anilines is 1. The lowest BCUT2D eigenvalue weighted by Gasteiger charge is -2.27. The van der Waals surface area contributed by atoms with Crippen LogP contribution in [-0.4, -0.2) is 6.29 Å². The maximum Gasteiger partial charge on any atom is 0.152 e. The molecule has 0 aromatic heterocycles. The Labute approximate surface area is 150 Å². The molecule has 0 heterocycles. The van der Waals surface area contributed by atoms with Crippen LogP contribution >= 0.6 is 15.9 Å². The van der Waals surface area contributed by atoms with Gasteiger partial charge in [-0.15, -0.1) is 0 Å². The van der Waals surface area contributed by atoms with Gasteiger partial charge in [0.2, 0.25) is 0 Å². The van der Waals surface area contributed by atoms with Crippen molar-refractivity contribution in [2.45, 2.75) is 13.1 Å². The fourth-order valence-corrected chi connectivity index (χ4v) is 3.07. The summed E-state index contributed by atoms with van der Waals surface area (Å²) in [6.45, 7) is 1.49. The summed E-state index contributed by atoms with van der Waals surface area (Å²) < 4.78 is 0.967. The van der Waals surface area contributed by atoms with Gasteiger partial charge in [0.1, 0.15) is 0 Å². The van der Waals surface area contributed by atoms with Crippen LogP contribution in [-0.2, 0) is 13.1 Å². The van der Waals surface area contributed by atoms with Gasteiger partial charge in [0.25, 0.3) is 0 Å². The lowest BCUT2D eigenvalue weighted by molar-refractivity contribution is 0.112. The Morgan fingerprint density at radius 2 is 1.33 bits per heavy atom. The van der Waals surface area contributed by atoms with Gasteiger partial charge in [-0.2, -0.15) is 0 Å². The molecule has 0 atom stereocenters. The molecule has 24 heavy (non-hydrogen) atoms. The maximum atomic E-state index is 11.5. The van der Waals surface area contributed by atoms with E-state index in [9.17, 15) is 4.79 Å². The minimum atomic E-state index is 0.699. The van der Waals surface area contributed by atoms with Crippen LogP contribution < -0.4 is 4.90 Å². The minimum absolute atomic E-state index is 0.699. The highest BCUT2D eigenvalue weighted by molar-refractivity contribution is 9.10. The van der Waals surface area contributed by atoms with E-state index in [0.717, 1.165) is 29.5 Å². The zero-order valence-electron chi connectivity index (χ0n) is 13.2. The third-order valence-electron chi connectivity index (χ3n) is 3.89. The Morgan fingerprint density at radius 3 is 1.83 bits per heavy atom. The van der Waals surface area contributed by atoms with E-state index in [1.165, 1.54) is 11.1 Å². The summed E-state index contributed by atoms with van der Waals surface area (Å²) in [6.07, 6.45) is 0.921. The zero-order valence-corrected chi connectivity index (χ0v) is 14.8. The van der Waals surface area contributed by atoms with Crippen molar-refractivity contribution in [2.24, 2.45) is 0 Å². The van der Waals surface area contributed by atoms with E-state index in [4.69, 9.17) is 0 Å². The fraction of sp³-hybridized carbons (Fsp3) is 0.0952. The molecule has 0 amide bonds. The zero-order chi connectivity index (χ0) is 16.8. The Hall–Kier alpha value is -2.39. The molecular weight excluding hydrogens is 362 g/mol. The number of rotatable bonds is 6. The molecule has 0 aliphatic heterocycles. The van der Waals surface area contributed by atoms with Gasteiger partial charge in [-0.25, -0.2) is 0 Å². The minimum Gasteiger partial charge on any atom is -0.362 e. The molecule has 0 aliphatic rings. The Bertz CT molecular complexity index is 761. The Kier molecular flexibility index (Phi) is 5.44. The van der Waals surface area contributed by atoms with Crippen molar-refractivity contribution >= 4 is 27.9 Å². The Morgan fingerprint density at radius 1 is 0.792 bits per heavy atom. The molecule has 3 aromatic carbocycles. The van der Waals surface area contributed by atoms with Crippen molar-refractivity contribution in [2.75, 3.05) is 4.90 Å². The summed E-state index contributed by atoms with van der Waals surface area (Å²) in [5, 5.41) is 0. The largest absolute Gasteiger partial charge is 0.362 e. The summed E-state index contributed by atoms with van der Waals surface area (Å²) in [5.41, 5.74) is 4.06. The van der Waals surface area contributed by atoms with Crippen LogP contribution in [0.2, 0.25) is 0 Å². The highest BCUT2D eigenvalue weighted by Crippen LogP contribution is 2.27. The lowest BCUT2D eigenvalue weighted by Crippen LogP contribution is -2.23. The number of nitrogens with zero attached hydrogens (tertiary/aromatic N) is 1. The monoisotopic (exact) mass is 379 g/mol. The number of halogens is 1. The van der Waals surface area contributed by atoms with Crippen LogP contribution in [0.25, 0.3) is 0 Å². The van der Waals surface area contributed by atoms with Crippen LogP contribution in [0, 0.1) is 0 Å². The first kappa shape index (κ1) is 16.5. The highest BCUT2D eigenvalue weighted by atomic mass is 79.9. The van der Waals surface area contributed by atoms with Crippen molar-refractivity contribution in [3.05, 3.63) is 100 Å². The Balaban J connectivity index is 1.98. The van der Waals surface area contributed by atoms with Gasteiger partial charge >= 0.3 is 0 Å². The summed E-state index contributed by atoms with van der Waals surface area (Å²) in [6, 6.07) is 26.4. The third kappa shape index (κ3) is 4.12. The van der Waals surface area contributed by atoms with E-state index in [-0.39, 0.29) is 0 Å². The van der Waals surface area contributed by atoms with Crippen LogP contribution in [0.5, 0.6) is 0 Å². The summed E-state index contributed by atoms with van der Waals surface area (Å²) in [7, 11) is 0. The van der Waals surface area contributed by atoms with E-state index in [1.807, 2.05) is 54.6 Å². The lowest BCUT2D eigenvalue weighted by atomic mass is 10.1. The number of hydrogen-bond donors (Lipinski definition) is 0. The van der Waals surface area contributed by atoms with Gasteiger partial charge in [-0.3, -0.25) is 4.79 Å². The second kappa shape index (κ2) is 7.93. The predicted molar refractivity (Wildman–Crippen MR) is 102 cm³/mol. The molecule has 0 radical (unpaired) electrons. The predicted octanol–water partition coefficient (Wildman–Crippen LogP) is 5.47. The summed E-state index contributed by atoms with van der Waals surface area (Å²) in [4.78, 5) is 13.7. The van der Waals surface area contributed by atoms with Crippen molar-refractivity contribution in [1.29, 1.82) is 0 Å². The first-order valence-corrected chi connectivity index (χ1v) is 8.63. The van der Waals surface area contributed by atoms with Gasteiger partial charge in [0.15, 0.2) is 6.29 Å². The average Bonchev–Trinajstić information content (AvgIpc) is 2.63. The number of carbonyl (C=O) groups is 1. The van der Waals surface area contributed by atoms with Gasteiger partial charge in [0.05, 0.1) is 0 Å². The highest BCUT2D eigenvalue weighted by Gasteiger charge is 2.13. The van der Waals surface area contributed by atoms with E-state index >= 15 is 0 Å². The normalized spacial score (nSPS) is 10.4. The molecule has 0 N–H and O–H groups in total. The van der Waals surface area contributed by atoms with E-state index in [2.05, 4.69) is 45.1 Å². The first-order chi connectivity index (χ1) is 11.8. The quantitative estimate of drug-likeness (QED) is 0.529. The fourth-order valence-electron chi connectivity index (χ4n) is 2.72. The third-order valence-corrected chi connectivity index (χ3v) is 4.39. The van der Waals surface area contributed by atoms with Crippen LogP contribution in [0.4, 0.5) is 5.69 Å². The van der Waals surface area contributed by atoms with Crippen LogP contribution in [0.1, 0.15) is 21.5 Å². The molecule has 3 aromatic rings. The molecule has 0 fully saturated rings. The standard InChI is InChI=1S/C21H18BrNO/c22-20-12-11-19(16-24)21(13-20)23(14-17-7-3-1-4-8-17)15-18-9-5-2-6-10-18/h1-13,16H,14-15H2. The molecule has 0 spiro atoms. The van der Waals surface area contributed by atoms with Gasteiger partial charge in [-0.05, 0) is 29.3 Å². The van der Waals surface area contributed by atoms with E-state index in [1.54, 1.807) is 0 Å². The van der Waals surface area contributed by atoms with E-state index < -0.39 is 0 Å². The second-order valence-electron chi connectivity index (χ2n) is 5.65. The molecule has 3 heteroatoms. The average molecular weight is 380 g/mol. The topological polar surface area (TPSA) is 20.3 Å². The molecular formula is C21H18BrNO. The first-order valence-electron chi connectivity index (χ1n) is 7.84. The van der Waals surface area contributed by atoms with Crippen molar-refractivity contribution in [3.8, 4) is 0 Å². The molecule has 3 rings (SSSR count).